The second-order valence-electron chi connectivity index (χ2n) is 4.72. The first-order valence-corrected chi connectivity index (χ1v) is 9.67. The summed E-state index contributed by atoms with van der Waals surface area (Å²) in [7, 11) is -6.63. The van der Waals surface area contributed by atoms with E-state index < -0.39 is 19.9 Å². The number of ether oxygens (including phenoxy) is 1. The summed E-state index contributed by atoms with van der Waals surface area (Å²) in [6.07, 6.45) is 0. The summed E-state index contributed by atoms with van der Waals surface area (Å²) >= 11 is 0. The Bertz CT molecular complexity index is 983. The van der Waals surface area contributed by atoms with Crippen molar-refractivity contribution in [3.63, 3.8) is 0 Å². The molecule has 2 rings (SSSR count). The Balaban J connectivity index is 2.58. The molecule has 128 valence electrons. The van der Waals surface area contributed by atoms with Gasteiger partial charge in [0, 0.05) is 5.41 Å². The van der Waals surface area contributed by atoms with Crippen LogP contribution in [-0.4, -0.2) is 23.9 Å². The van der Waals surface area contributed by atoms with E-state index in [1.807, 2.05) is 0 Å². The fourth-order valence-electron chi connectivity index (χ4n) is 1.93. The topological polar surface area (TPSA) is 116 Å². The molecule has 0 saturated carbocycles. The van der Waals surface area contributed by atoms with Crippen LogP contribution in [0.4, 0.5) is 11.4 Å². The van der Waals surface area contributed by atoms with Crippen molar-refractivity contribution < 1.29 is 21.6 Å². The first kappa shape index (κ1) is 17.8. The monoisotopic (exact) mass is 368 g/mol. The van der Waals surface area contributed by atoms with Crippen LogP contribution in [0.15, 0.2) is 64.2 Å². The minimum absolute atomic E-state index is 0.0000137. The van der Waals surface area contributed by atoms with Gasteiger partial charge in [0.15, 0.2) is 9.84 Å². The minimum Gasteiger partial charge on any atom is -0.495 e. The molecular formula is C15H16N2O5S2. The number of sulfone groups is 1. The van der Waals surface area contributed by atoms with E-state index in [-0.39, 0.29) is 26.9 Å². The Morgan fingerprint density at radius 1 is 1.12 bits per heavy atom. The van der Waals surface area contributed by atoms with Crippen LogP contribution in [-0.2, 0) is 19.9 Å². The standard InChI is InChI=1S/C15H16N2O5S2/c1-3-23(18,19)11-8-9-14(22-2)15(10-11)24(20,21)17-13-7-5-4-6-12(13)16/h3-10,17H,1,16H2,2H3. The van der Waals surface area contributed by atoms with Crippen molar-refractivity contribution >= 4 is 31.2 Å². The lowest BCUT2D eigenvalue weighted by molar-refractivity contribution is 0.402. The van der Waals surface area contributed by atoms with Crippen molar-refractivity contribution in [2.75, 3.05) is 17.6 Å². The summed E-state index contributed by atoms with van der Waals surface area (Å²) in [5, 5.41) is 0.744. The average Bonchev–Trinajstić information content (AvgIpc) is 2.56. The van der Waals surface area contributed by atoms with E-state index >= 15 is 0 Å². The number of methoxy groups -OCH3 is 1. The number of sulfonamides is 1. The molecule has 24 heavy (non-hydrogen) atoms. The van der Waals surface area contributed by atoms with Gasteiger partial charge in [-0.25, -0.2) is 16.8 Å². The fourth-order valence-corrected chi connectivity index (χ4v) is 4.02. The summed E-state index contributed by atoms with van der Waals surface area (Å²) in [5.41, 5.74) is 6.14. The highest BCUT2D eigenvalue weighted by molar-refractivity contribution is 7.94. The predicted molar refractivity (Wildman–Crippen MR) is 92.0 cm³/mol. The van der Waals surface area contributed by atoms with Gasteiger partial charge in [-0.3, -0.25) is 4.72 Å². The third-order valence-electron chi connectivity index (χ3n) is 3.18. The minimum atomic E-state index is -4.12. The number of hydrogen-bond donors (Lipinski definition) is 2. The number of hydrogen-bond acceptors (Lipinski definition) is 6. The summed E-state index contributed by atoms with van der Waals surface area (Å²) in [6, 6.07) is 9.81. The van der Waals surface area contributed by atoms with Crippen LogP contribution < -0.4 is 15.2 Å². The third kappa shape index (κ3) is 3.52. The van der Waals surface area contributed by atoms with Crippen LogP contribution in [0.2, 0.25) is 0 Å². The van der Waals surface area contributed by atoms with E-state index in [9.17, 15) is 16.8 Å². The van der Waals surface area contributed by atoms with E-state index in [1.165, 1.54) is 31.4 Å². The molecule has 0 amide bonds. The van der Waals surface area contributed by atoms with Crippen LogP contribution in [0.25, 0.3) is 0 Å². The lowest BCUT2D eigenvalue weighted by atomic mass is 10.3. The fraction of sp³-hybridized carbons (Fsp3) is 0.0667. The molecule has 7 nitrogen and oxygen atoms in total. The number of rotatable bonds is 6. The highest BCUT2D eigenvalue weighted by Gasteiger charge is 2.23. The number of nitrogens with one attached hydrogen (secondary N) is 1. The molecule has 0 aromatic heterocycles. The van der Waals surface area contributed by atoms with Gasteiger partial charge in [0.1, 0.15) is 10.6 Å². The Kier molecular flexibility index (Phi) is 4.86. The molecule has 3 N–H and O–H groups in total. The number of nitrogen functional groups attached to an aromatic ring is 1. The van der Waals surface area contributed by atoms with Gasteiger partial charge < -0.3 is 10.5 Å². The smallest absolute Gasteiger partial charge is 0.265 e. The van der Waals surface area contributed by atoms with Gasteiger partial charge in [0.2, 0.25) is 0 Å². The van der Waals surface area contributed by atoms with Crippen LogP contribution in [0.1, 0.15) is 0 Å². The Morgan fingerprint density at radius 2 is 1.79 bits per heavy atom. The van der Waals surface area contributed by atoms with Crippen molar-refractivity contribution in [1.29, 1.82) is 0 Å². The lowest BCUT2D eigenvalue weighted by Crippen LogP contribution is -2.15. The van der Waals surface area contributed by atoms with E-state index in [2.05, 4.69) is 11.3 Å². The molecule has 9 heteroatoms. The first-order valence-electron chi connectivity index (χ1n) is 6.64. The van der Waals surface area contributed by atoms with Crippen molar-refractivity contribution in [2.24, 2.45) is 0 Å². The second kappa shape index (κ2) is 6.54. The van der Waals surface area contributed by atoms with E-state index in [0.717, 1.165) is 11.5 Å². The molecular weight excluding hydrogens is 352 g/mol. The molecule has 0 aliphatic heterocycles. The Hall–Kier alpha value is -2.52. The van der Waals surface area contributed by atoms with E-state index in [0.29, 0.717) is 0 Å². The predicted octanol–water partition coefficient (Wildman–Crippen LogP) is 2.00. The number of benzene rings is 2. The normalized spacial score (nSPS) is 11.7. The molecule has 0 aliphatic carbocycles. The molecule has 0 fully saturated rings. The molecule has 2 aromatic carbocycles. The lowest BCUT2D eigenvalue weighted by Gasteiger charge is -2.14. The molecule has 2 aromatic rings. The molecule has 0 heterocycles. The zero-order chi connectivity index (χ0) is 18.0. The Morgan fingerprint density at radius 3 is 2.38 bits per heavy atom. The van der Waals surface area contributed by atoms with Gasteiger partial charge in [-0.2, -0.15) is 0 Å². The number of para-hydroxylation sites is 2. The van der Waals surface area contributed by atoms with Gasteiger partial charge >= 0.3 is 0 Å². The molecule has 0 spiro atoms. The number of nitrogens with two attached hydrogens (primary N) is 1. The summed E-state index contributed by atoms with van der Waals surface area (Å²) < 4.78 is 56.4. The molecule has 0 atom stereocenters. The maximum Gasteiger partial charge on any atom is 0.265 e. The molecule has 0 radical (unpaired) electrons. The first-order chi connectivity index (χ1) is 11.2. The van der Waals surface area contributed by atoms with E-state index in [4.69, 9.17) is 10.5 Å². The third-order valence-corrected chi connectivity index (χ3v) is 5.91. The zero-order valence-electron chi connectivity index (χ0n) is 12.8. The highest BCUT2D eigenvalue weighted by atomic mass is 32.2. The SMILES string of the molecule is C=CS(=O)(=O)c1ccc(OC)c(S(=O)(=O)Nc2ccccc2N)c1. The van der Waals surface area contributed by atoms with Gasteiger partial charge in [-0.1, -0.05) is 18.7 Å². The van der Waals surface area contributed by atoms with Crippen molar-refractivity contribution in [3.8, 4) is 5.75 Å². The molecule has 0 saturated heterocycles. The van der Waals surface area contributed by atoms with Crippen molar-refractivity contribution in [1.82, 2.24) is 0 Å². The Labute approximate surface area is 140 Å². The highest BCUT2D eigenvalue weighted by Crippen LogP contribution is 2.30. The summed E-state index contributed by atoms with van der Waals surface area (Å²) in [5.74, 6) is 0.0000137. The second-order valence-corrected chi connectivity index (χ2v) is 8.26. The van der Waals surface area contributed by atoms with Gasteiger partial charge in [-0.15, -0.1) is 0 Å². The molecule has 0 bridgehead atoms. The summed E-state index contributed by atoms with van der Waals surface area (Å²) in [4.78, 5) is -0.532. The summed E-state index contributed by atoms with van der Waals surface area (Å²) in [6.45, 7) is 3.22. The quantitative estimate of drug-likeness (QED) is 0.754. The zero-order valence-corrected chi connectivity index (χ0v) is 14.4. The van der Waals surface area contributed by atoms with Crippen molar-refractivity contribution in [3.05, 3.63) is 54.5 Å². The molecule has 0 aliphatic rings. The maximum absolute atomic E-state index is 12.6. The van der Waals surface area contributed by atoms with Crippen molar-refractivity contribution in [2.45, 2.75) is 9.79 Å². The van der Waals surface area contributed by atoms with Crippen LogP contribution in [0.3, 0.4) is 0 Å². The van der Waals surface area contributed by atoms with Gasteiger partial charge in [-0.05, 0) is 30.3 Å². The van der Waals surface area contributed by atoms with Crippen LogP contribution >= 0.6 is 0 Å². The van der Waals surface area contributed by atoms with Gasteiger partial charge in [0.05, 0.1) is 23.4 Å². The van der Waals surface area contributed by atoms with Crippen LogP contribution in [0, 0.1) is 0 Å². The van der Waals surface area contributed by atoms with E-state index in [1.54, 1.807) is 12.1 Å². The van der Waals surface area contributed by atoms with Crippen LogP contribution in [0.5, 0.6) is 5.75 Å². The van der Waals surface area contributed by atoms with Gasteiger partial charge in [0.25, 0.3) is 10.0 Å². The molecule has 0 unspecified atom stereocenters. The largest absolute Gasteiger partial charge is 0.495 e. The maximum atomic E-state index is 12.6. The average molecular weight is 368 g/mol. The number of anilines is 2.